The molecular weight excluding hydrogens is 470 g/mol. The maximum atomic E-state index is 12.9. The molecule has 0 radical (unpaired) electrons. The van der Waals surface area contributed by atoms with Crippen LogP contribution < -0.4 is 10.2 Å². The van der Waals surface area contributed by atoms with Crippen molar-refractivity contribution in [2.45, 2.75) is 25.6 Å². The van der Waals surface area contributed by atoms with Crippen molar-refractivity contribution in [3.63, 3.8) is 0 Å². The molecule has 0 heterocycles. The SMILES string of the molecule is CCN(/C=C\C#N)C(=O)C(C=CNc1cccc(N(C)C(=O)CN(C)Cc2cccc(C)c2)c1)SC. The van der Waals surface area contributed by atoms with Crippen LogP contribution in [0.5, 0.6) is 0 Å². The molecule has 0 aliphatic rings. The second-order valence-electron chi connectivity index (χ2n) is 8.39. The molecule has 0 bridgehead atoms. The Kier molecular flexibility index (Phi) is 11.8. The van der Waals surface area contributed by atoms with Crippen molar-refractivity contribution in [2.75, 3.05) is 43.7 Å². The average Bonchev–Trinajstić information content (AvgIpc) is 2.86. The Morgan fingerprint density at radius 2 is 1.92 bits per heavy atom. The average molecular weight is 506 g/mol. The number of allylic oxidation sites excluding steroid dienone is 1. The van der Waals surface area contributed by atoms with Crippen LogP contribution in [-0.2, 0) is 16.1 Å². The molecule has 2 amide bonds. The molecule has 1 N–H and O–H groups in total. The van der Waals surface area contributed by atoms with Crippen molar-refractivity contribution in [2.24, 2.45) is 0 Å². The van der Waals surface area contributed by atoms with Gasteiger partial charge in [-0.3, -0.25) is 14.5 Å². The minimum absolute atomic E-state index is 0.00373. The Morgan fingerprint density at radius 3 is 2.58 bits per heavy atom. The number of aryl methyl sites for hydroxylation is 1. The molecule has 2 aromatic carbocycles. The lowest BCUT2D eigenvalue weighted by Crippen LogP contribution is -2.36. The van der Waals surface area contributed by atoms with Gasteiger partial charge < -0.3 is 15.1 Å². The summed E-state index contributed by atoms with van der Waals surface area (Å²) in [6, 6.07) is 17.8. The third-order valence-electron chi connectivity index (χ3n) is 5.52. The molecule has 0 aromatic heterocycles. The normalized spacial score (nSPS) is 12.0. The second-order valence-corrected chi connectivity index (χ2v) is 9.37. The zero-order chi connectivity index (χ0) is 26.5. The molecule has 190 valence electrons. The Labute approximate surface area is 219 Å². The van der Waals surface area contributed by atoms with E-state index >= 15 is 0 Å². The lowest BCUT2D eigenvalue weighted by atomic mass is 10.1. The van der Waals surface area contributed by atoms with E-state index in [1.54, 1.807) is 24.2 Å². The molecule has 8 heteroatoms. The molecule has 7 nitrogen and oxygen atoms in total. The van der Waals surface area contributed by atoms with Gasteiger partial charge in [0.2, 0.25) is 11.8 Å². The highest BCUT2D eigenvalue weighted by Crippen LogP contribution is 2.20. The first-order valence-electron chi connectivity index (χ1n) is 11.7. The van der Waals surface area contributed by atoms with E-state index in [0.29, 0.717) is 19.6 Å². The predicted octanol–water partition coefficient (Wildman–Crippen LogP) is 4.63. The van der Waals surface area contributed by atoms with Crippen molar-refractivity contribution in [1.29, 1.82) is 5.26 Å². The molecule has 0 saturated heterocycles. The van der Waals surface area contributed by atoms with Crippen LogP contribution in [0.4, 0.5) is 11.4 Å². The molecule has 0 fully saturated rings. The van der Waals surface area contributed by atoms with Crippen LogP contribution in [0, 0.1) is 18.3 Å². The quantitative estimate of drug-likeness (QED) is 0.424. The molecule has 36 heavy (non-hydrogen) atoms. The van der Waals surface area contributed by atoms with Gasteiger partial charge in [-0.2, -0.15) is 5.26 Å². The number of hydrogen-bond donors (Lipinski definition) is 1. The van der Waals surface area contributed by atoms with E-state index in [9.17, 15) is 9.59 Å². The molecule has 0 saturated carbocycles. The zero-order valence-electron chi connectivity index (χ0n) is 21.6. The summed E-state index contributed by atoms with van der Waals surface area (Å²) in [5.41, 5.74) is 3.96. The molecule has 0 aliphatic carbocycles. The molecule has 1 unspecified atom stereocenters. The number of hydrogen-bond acceptors (Lipinski definition) is 6. The Balaban J connectivity index is 1.98. The molecule has 1 atom stereocenters. The van der Waals surface area contributed by atoms with Gasteiger partial charge in [0, 0.05) is 43.8 Å². The van der Waals surface area contributed by atoms with Gasteiger partial charge in [-0.1, -0.05) is 35.9 Å². The van der Waals surface area contributed by atoms with Crippen LogP contribution in [0.2, 0.25) is 0 Å². The van der Waals surface area contributed by atoms with Crippen LogP contribution in [0.25, 0.3) is 0 Å². The summed E-state index contributed by atoms with van der Waals surface area (Å²) in [4.78, 5) is 30.8. The fourth-order valence-corrected chi connectivity index (χ4v) is 4.15. The van der Waals surface area contributed by atoms with Crippen molar-refractivity contribution in [3.8, 4) is 6.07 Å². The van der Waals surface area contributed by atoms with E-state index in [1.807, 2.05) is 61.5 Å². The van der Waals surface area contributed by atoms with Gasteiger partial charge in [0.25, 0.3) is 0 Å². The number of nitrogens with one attached hydrogen (secondary N) is 1. The van der Waals surface area contributed by atoms with Crippen molar-refractivity contribution in [3.05, 3.63) is 84.2 Å². The van der Waals surface area contributed by atoms with Gasteiger partial charge in [0.1, 0.15) is 5.25 Å². The first-order valence-corrected chi connectivity index (χ1v) is 13.0. The summed E-state index contributed by atoms with van der Waals surface area (Å²) >= 11 is 1.42. The van der Waals surface area contributed by atoms with E-state index < -0.39 is 5.25 Å². The minimum atomic E-state index is -0.392. The van der Waals surface area contributed by atoms with Crippen LogP contribution in [0.3, 0.4) is 0 Å². The van der Waals surface area contributed by atoms with E-state index in [0.717, 1.165) is 11.4 Å². The number of nitriles is 1. The van der Waals surface area contributed by atoms with E-state index in [-0.39, 0.29) is 11.8 Å². The number of amides is 2. The van der Waals surface area contributed by atoms with Gasteiger partial charge in [0.15, 0.2) is 0 Å². The van der Waals surface area contributed by atoms with E-state index in [1.165, 1.54) is 40.1 Å². The topological polar surface area (TPSA) is 79.7 Å². The zero-order valence-corrected chi connectivity index (χ0v) is 22.5. The second kappa shape index (κ2) is 14.8. The van der Waals surface area contributed by atoms with Crippen molar-refractivity contribution in [1.82, 2.24) is 9.80 Å². The van der Waals surface area contributed by atoms with Crippen LogP contribution in [0.15, 0.2) is 73.1 Å². The number of anilines is 2. The maximum Gasteiger partial charge on any atom is 0.243 e. The van der Waals surface area contributed by atoms with E-state index in [4.69, 9.17) is 5.26 Å². The van der Waals surface area contributed by atoms with Crippen LogP contribution >= 0.6 is 11.8 Å². The summed E-state index contributed by atoms with van der Waals surface area (Å²) in [7, 11) is 3.71. The van der Waals surface area contributed by atoms with Gasteiger partial charge in [0.05, 0.1) is 12.6 Å². The highest BCUT2D eigenvalue weighted by molar-refractivity contribution is 8.00. The monoisotopic (exact) mass is 505 g/mol. The van der Waals surface area contributed by atoms with Crippen LogP contribution in [-0.4, -0.2) is 60.3 Å². The Bertz CT molecular complexity index is 1120. The third kappa shape index (κ3) is 8.91. The molecular formula is C28H35N5O2S. The number of rotatable bonds is 12. The van der Waals surface area contributed by atoms with Crippen molar-refractivity contribution >= 4 is 35.0 Å². The maximum absolute atomic E-state index is 12.9. The van der Waals surface area contributed by atoms with Gasteiger partial charge in [-0.05, 0) is 63.2 Å². The summed E-state index contributed by atoms with van der Waals surface area (Å²) in [5.74, 6) is -0.0978. The van der Waals surface area contributed by atoms with Gasteiger partial charge in [-0.15, -0.1) is 11.8 Å². The highest BCUT2D eigenvalue weighted by atomic mass is 32.2. The fourth-order valence-electron chi connectivity index (χ4n) is 3.58. The number of carbonyl (C=O) groups is 2. The highest BCUT2D eigenvalue weighted by Gasteiger charge is 2.19. The summed E-state index contributed by atoms with van der Waals surface area (Å²) in [6.45, 7) is 5.41. The lowest BCUT2D eigenvalue weighted by Gasteiger charge is -2.22. The first-order chi connectivity index (χ1) is 17.3. The largest absolute Gasteiger partial charge is 0.362 e. The minimum Gasteiger partial charge on any atom is -0.362 e. The third-order valence-corrected chi connectivity index (χ3v) is 6.39. The Hall–Kier alpha value is -3.54. The first kappa shape index (κ1) is 28.7. The van der Waals surface area contributed by atoms with Gasteiger partial charge in [-0.25, -0.2) is 0 Å². The van der Waals surface area contributed by atoms with Crippen LogP contribution in [0.1, 0.15) is 18.1 Å². The molecule has 2 rings (SSSR count). The Morgan fingerprint density at radius 1 is 1.17 bits per heavy atom. The number of benzene rings is 2. The van der Waals surface area contributed by atoms with Crippen molar-refractivity contribution < 1.29 is 9.59 Å². The standard InChI is InChI=1S/C28H35N5O2S/c1-6-33(17-9-15-29)28(35)26(36-5)14-16-30-24-12-8-13-25(19-24)32(4)27(34)21-31(3)20-23-11-7-10-22(2)18-23/h7-14,16-19,26,30H,6,20-21H2,1-5H3/b16-14?,17-9-. The smallest absolute Gasteiger partial charge is 0.243 e. The predicted molar refractivity (Wildman–Crippen MR) is 150 cm³/mol. The molecule has 0 spiro atoms. The fraction of sp³-hybridized carbons (Fsp3) is 0.321. The van der Waals surface area contributed by atoms with Gasteiger partial charge >= 0.3 is 0 Å². The number of nitrogens with zero attached hydrogens (tertiary/aromatic N) is 4. The lowest BCUT2D eigenvalue weighted by molar-refractivity contribution is -0.127. The number of likely N-dealkylation sites (N-methyl/N-ethyl adjacent to an activating group) is 2. The summed E-state index contributed by atoms with van der Waals surface area (Å²) in [6.07, 6.45) is 8.19. The summed E-state index contributed by atoms with van der Waals surface area (Å²) < 4.78 is 0. The van der Waals surface area contributed by atoms with E-state index in [2.05, 4.69) is 30.4 Å². The number of thioether (sulfide) groups is 1. The molecule has 2 aromatic rings. The molecule has 0 aliphatic heterocycles. The number of carbonyl (C=O) groups excluding carboxylic acids is 2. The summed E-state index contributed by atoms with van der Waals surface area (Å²) in [5, 5.41) is 11.5.